The Bertz CT molecular complexity index is 501. The van der Waals surface area contributed by atoms with Crippen molar-refractivity contribution in [3.05, 3.63) is 29.8 Å². The Hall–Kier alpha value is -1.55. The van der Waals surface area contributed by atoms with Crippen molar-refractivity contribution in [2.75, 3.05) is 18.0 Å². The first kappa shape index (κ1) is 13.4. The third kappa shape index (κ3) is 2.52. The molecule has 20 heavy (non-hydrogen) atoms. The average Bonchev–Trinajstić information content (AvgIpc) is 2.46. The Labute approximate surface area is 119 Å². The van der Waals surface area contributed by atoms with Gasteiger partial charge in [0.25, 0.3) is 0 Å². The molecule has 0 saturated carbocycles. The van der Waals surface area contributed by atoms with Crippen LogP contribution < -0.4 is 10.2 Å². The molecule has 2 unspecified atom stereocenters. The Kier molecular flexibility index (Phi) is 3.66. The largest absolute Gasteiger partial charge is 0.389 e. The number of hydrogen-bond donors (Lipinski definition) is 2. The highest BCUT2D eigenvalue weighted by Crippen LogP contribution is 2.32. The lowest BCUT2D eigenvalue weighted by molar-refractivity contribution is -0.124. The van der Waals surface area contributed by atoms with Gasteiger partial charge >= 0.3 is 0 Å². The second-order valence-corrected chi connectivity index (χ2v) is 5.94. The number of piperidine rings is 2. The Morgan fingerprint density at radius 2 is 2.15 bits per heavy atom. The number of carbonyl (C=O) groups is 1. The molecule has 1 aromatic carbocycles. The van der Waals surface area contributed by atoms with E-state index in [1.165, 1.54) is 0 Å². The quantitative estimate of drug-likeness (QED) is 0.865. The van der Waals surface area contributed by atoms with Crippen LogP contribution in [0.25, 0.3) is 0 Å². The molecule has 0 bridgehead atoms. The summed E-state index contributed by atoms with van der Waals surface area (Å²) in [5.74, 6) is 0.729. The van der Waals surface area contributed by atoms with Gasteiger partial charge in [-0.05, 0) is 31.7 Å². The van der Waals surface area contributed by atoms with Crippen LogP contribution in [0.5, 0.6) is 0 Å². The van der Waals surface area contributed by atoms with Crippen LogP contribution in [0, 0.1) is 5.92 Å². The Morgan fingerprint density at radius 3 is 2.95 bits per heavy atom. The summed E-state index contributed by atoms with van der Waals surface area (Å²) < 4.78 is 0. The van der Waals surface area contributed by atoms with Crippen molar-refractivity contribution in [3.63, 3.8) is 0 Å². The third-order valence-corrected chi connectivity index (χ3v) is 4.55. The van der Waals surface area contributed by atoms with Crippen LogP contribution in [0.3, 0.4) is 0 Å². The van der Waals surface area contributed by atoms with Gasteiger partial charge in [-0.2, -0.15) is 0 Å². The molecule has 2 aliphatic heterocycles. The lowest BCUT2D eigenvalue weighted by atomic mass is 9.84. The zero-order valence-corrected chi connectivity index (χ0v) is 11.9. The molecule has 2 fully saturated rings. The highest BCUT2D eigenvalue weighted by Gasteiger charge is 2.34. The van der Waals surface area contributed by atoms with Crippen LogP contribution in [0.1, 0.15) is 37.9 Å². The molecule has 0 aromatic heterocycles. The summed E-state index contributed by atoms with van der Waals surface area (Å²) in [6.07, 6.45) is 2.16. The van der Waals surface area contributed by atoms with Crippen molar-refractivity contribution in [1.29, 1.82) is 0 Å². The fraction of sp³-hybridized carbons (Fsp3) is 0.562. The SMILES string of the molecule is C[C@H](O)c1ccccc1N1CCC2NC(=O)CCC2C1. The molecule has 1 aromatic rings. The first-order valence-electron chi connectivity index (χ1n) is 7.46. The zero-order chi connectivity index (χ0) is 14.1. The number of aliphatic hydroxyl groups is 1. The maximum atomic E-state index is 11.5. The molecule has 1 amide bonds. The number of hydrogen-bond acceptors (Lipinski definition) is 3. The van der Waals surface area contributed by atoms with Crippen LogP contribution >= 0.6 is 0 Å². The molecule has 3 atom stereocenters. The summed E-state index contributed by atoms with van der Waals surface area (Å²) in [7, 11) is 0. The molecule has 2 N–H and O–H groups in total. The van der Waals surface area contributed by atoms with Crippen molar-refractivity contribution in [1.82, 2.24) is 5.32 Å². The van der Waals surface area contributed by atoms with E-state index in [2.05, 4.69) is 16.3 Å². The van der Waals surface area contributed by atoms with Crippen molar-refractivity contribution in [2.45, 2.75) is 38.3 Å². The number of fused-ring (bicyclic) bond motifs is 1. The molecule has 0 radical (unpaired) electrons. The maximum absolute atomic E-state index is 11.5. The van der Waals surface area contributed by atoms with E-state index in [4.69, 9.17) is 0 Å². The third-order valence-electron chi connectivity index (χ3n) is 4.55. The molecule has 0 aliphatic carbocycles. The lowest BCUT2D eigenvalue weighted by Crippen LogP contribution is -2.54. The number of amides is 1. The number of nitrogens with zero attached hydrogens (tertiary/aromatic N) is 1. The predicted octanol–water partition coefficient (Wildman–Crippen LogP) is 1.84. The summed E-state index contributed by atoms with van der Waals surface area (Å²) in [5, 5.41) is 13.0. The molecular weight excluding hydrogens is 252 g/mol. The van der Waals surface area contributed by atoms with E-state index in [0.29, 0.717) is 18.4 Å². The van der Waals surface area contributed by atoms with Crippen molar-refractivity contribution in [2.24, 2.45) is 5.92 Å². The second kappa shape index (κ2) is 5.44. The fourth-order valence-electron chi connectivity index (χ4n) is 3.46. The van der Waals surface area contributed by atoms with Gasteiger partial charge < -0.3 is 15.3 Å². The minimum Gasteiger partial charge on any atom is -0.389 e. The number of benzene rings is 1. The van der Waals surface area contributed by atoms with Gasteiger partial charge in [0.2, 0.25) is 5.91 Å². The number of carbonyl (C=O) groups excluding carboxylic acids is 1. The highest BCUT2D eigenvalue weighted by atomic mass is 16.3. The zero-order valence-electron chi connectivity index (χ0n) is 11.9. The highest BCUT2D eigenvalue weighted by molar-refractivity contribution is 5.77. The van der Waals surface area contributed by atoms with Gasteiger partial charge in [-0.3, -0.25) is 4.79 Å². The molecule has 2 heterocycles. The molecule has 3 rings (SSSR count). The van der Waals surface area contributed by atoms with Crippen LogP contribution in [0.4, 0.5) is 5.69 Å². The molecule has 4 heteroatoms. The molecule has 4 nitrogen and oxygen atoms in total. The first-order valence-corrected chi connectivity index (χ1v) is 7.46. The Balaban J connectivity index is 1.78. The standard InChI is InChI=1S/C16H22N2O2/c1-11(19)13-4-2-3-5-15(13)18-9-8-14-12(10-18)6-7-16(20)17-14/h2-5,11-12,14,19H,6-10H2,1H3,(H,17,20)/t11-,12?,14?/m0/s1. The summed E-state index contributed by atoms with van der Waals surface area (Å²) in [6, 6.07) is 8.42. The normalized spacial score (nSPS) is 27.7. The van der Waals surface area contributed by atoms with Gasteiger partial charge in [-0.25, -0.2) is 0 Å². The van der Waals surface area contributed by atoms with Crippen LogP contribution in [0.2, 0.25) is 0 Å². The van der Waals surface area contributed by atoms with E-state index in [1.54, 1.807) is 0 Å². The molecule has 108 valence electrons. The van der Waals surface area contributed by atoms with Crippen molar-refractivity contribution in [3.8, 4) is 0 Å². The van der Waals surface area contributed by atoms with E-state index >= 15 is 0 Å². The van der Waals surface area contributed by atoms with E-state index < -0.39 is 6.10 Å². The predicted molar refractivity (Wildman–Crippen MR) is 78.6 cm³/mol. The number of aliphatic hydroxyl groups excluding tert-OH is 1. The van der Waals surface area contributed by atoms with E-state index in [9.17, 15) is 9.90 Å². The molecular formula is C16H22N2O2. The van der Waals surface area contributed by atoms with Gasteiger partial charge in [0, 0.05) is 36.8 Å². The lowest BCUT2D eigenvalue weighted by Gasteiger charge is -2.43. The van der Waals surface area contributed by atoms with Gasteiger partial charge in [-0.1, -0.05) is 18.2 Å². The first-order chi connectivity index (χ1) is 9.65. The summed E-state index contributed by atoms with van der Waals surface area (Å²) >= 11 is 0. The van der Waals surface area contributed by atoms with Gasteiger partial charge in [-0.15, -0.1) is 0 Å². The topological polar surface area (TPSA) is 52.6 Å². The monoisotopic (exact) mass is 274 g/mol. The minimum absolute atomic E-state index is 0.198. The minimum atomic E-state index is -0.449. The van der Waals surface area contributed by atoms with Crippen LogP contribution in [0.15, 0.2) is 24.3 Å². The van der Waals surface area contributed by atoms with Crippen molar-refractivity contribution >= 4 is 11.6 Å². The maximum Gasteiger partial charge on any atom is 0.220 e. The van der Waals surface area contributed by atoms with Gasteiger partial charge in [0.1, 0.15) is 0 Å². The number of anilines is 1. The van der Waals surface area contributed by atoms with Crippen LogP contribution in [-0.4, -0.2) is 30.1 Å². The number of rotatable bonds is 2. The van der Waals surface area contributed by atoms with Gasteiger partial charge in [0.15, 0.2) is 0 Å². The molecule has 2 saturated heterocycles. The van der Waals surface area contributed by atoms with Crippen LogP contribution in [-0.2, 0) is 4.79 Å². The second-order valence-electron chi connectivity index (χ2n) is 5.94. The van der Waals surface area contributed by atoms with Gasteiger partial charge in [0.05, 0.1) is 6.10 Å². The van der Waals surface area contributed by atoms with E-state index in [0.717, 1.165) is 37.2 Å². The Morgan fingerprint density at radius 1 is 1.35 bits per heavy atom. The number of para-hydroxylation sites is 1. The summed E-state index contributed by atoms with van der Waals surface area (Å²) in [5.41, 5.74) is 2.13. The number of nitrogens with one attached hydrogen (secondary N) is 1. The fourth-order valence-corrected chi connectivity index (χ4v) is 3.46. The summed E-state index contributed by atoms with van der Waals surface area (Å²) in [6.45, 7) is 3.71. The summed E-state index contributed by atoms with van der Waals surface area (Å²) in [4.78, 5) is 13.8. The smallest absolute Gasteiger partial charge is 0.220 e. The van der Waals surface area contributed by atoms with E-state index in [1.807, 2.05) is 25.1 Å². The van der Waals surface area contributed by atoms with E-state index in [-0.39, 0.29) is 5.91 Å². The average molecular weight is 274 g/mol. The molecule has 0 spiro atoms. The van der Waals surface area contributed by atoms with Crippen molar-refractivity contribution < 1.29 is 9.90 Å². The molecule has 2 aliphatic rings.